The number of alkyl halides is 3. The molecule has 3 rings (SSSR count). The third kappa shape index (κ3) is 5.13. The zero-order chi connectivity index (χ0) is 19.6. The largest absolute Gasteiger partial charge is 0.401 e. The molecule has 9 heteroatoms. The maximum Gasteiger partial charge on any atom is 0.401 e. The number of carbonyl (C=O) groups is 2. The molecule has 0 spiro atoms. The molecule has 1 aromatic carbocycles. The smallest absolute Gasteiger partial charge is 0.341 e. The quantitative estimate of drug-likeness (QED) is 0.779. The Balaban J connectivity index is 1.59. The first-order chi connectivity index (χ1) is 12.7. The molecule has 5 nitrogen and oxygen atoms in total. The monoisotopic (exact) mass is 403 g/mol. The lowest BCUT2D eigenvalue weighted by molar-refractivity contribution is -0.145. The molecule has 0 radical (unpaired) electrons. The highest BCUT2D eigenvalue weighted by atomic mass is 35.5. The van der Waals surface area contributed by atoms with Crippen molar-refractivity contribution in [3.8, 4) is 0 Å². The Morgan fingerprint density at radius 1 is 1.11 bits per heavy atom. The van der Waals surface area contributed by atoms with Crippen LogP contribution in [0.4, 0.5) is 18.9 Å². The Morgan fingerprint density at radius 2 is 1.81 bits per heavy atom. The van der Waals surface area contributed by atoms with E-state index in [0.717, 1.165) is 0 Å². The molecule has 0 aliphatic carbocycles. The molecule has 2 aliphatic heterocycles. The fourth-order valence-corrected chi connectivity index (χ4v) is 3.73. The summed E-state index contributed by atoms with van der Waals surface area (Å²) in [4.78, 5) is 29.6. The van der Waals surface area contributed by atoms with Crippen molar-refractivity contribution in [3.63, 3.8) is 0 Å². The molecule has 27 heavy (non-hydrogen) atoms. The van der Waals surface area contributed by atoms with Gasteiger partial charge in [0.2, 0.25) is 11.8 Å². The van der Waals surface area contributed by atoms with E-state index in [4.69, 9.17) is 11.6 Å². The third-order valence-electron chi connectivity index (χ3n) is 4.92. The van der Waals surface area contributed by atoms with E-state index < -0.39 is 18.6 Å². The Hall–Kier alpha value is -1.80. The average molecular weight is 404 g/mol. The van der Waals surface area contributed by atoms with Gasteiger partial charge in [-0.15, -0.1) is 0 Å². The number of halogens is 4. The number of amides is 2. The van der Waals surface area contributed by atoms with Gasteiger partial charge in [-0.1, -0.05) is 11.6 Å². The zero-order valence-corrected chi connectivity index (χ0v) is 15.5. The minimum absolute atomic E-state index is 0.115. The second kappa shape index (κ2) is 8.06. The van der Waals surface area contributed by atoms with E-state index in [1.54, 1.807) is 34.1 Å². The van der Waals surface area contributed by atoms with E-state index in [-0.39, 0.29) is 37.9 Å². The molecule has 0 N–H and O–H groups in total. The predicted molar refractivity (Wildman–Crippen MR) is 95.6 cm³/mol. The summed E-state index contributed by atoms with van der Waals surface area (Å²) in [5.74, 6) is -0.764. The van der Waals surface area contributed by atoms with Crippen LogP contribution in [0, 0.1) is 5.92 Å². The van der Waals surface area contributed by atoms with Crippen molar-refractivity contribution in [2.75, 3.05) is 44.2 Å². The number of hydrogen-bond donors (Lipinski definition) is 0. The highest BCUT2D eigenvalue weighted by molar-refractivity contribution is 6.30. The topological polar surface area (TPSA) is 43.9 Å². The van der Waals surface area contributed by atoms with Gasteiger partial charge in [0.25, 0.3) is 0 Å². The molecule has 2 saturated heterocycles. The van der Waals surface area contributed by atoms with Gasteiger partial charge in [0, 0.05) is 49.9 Å². The van der Waals surface area contributed by atoms with Gasteiger partial charge in [-0.2, -0.15) is 13.2 Å². The van der Waals surface area contributed by atoms with Gasteiger partial charge in [-0.05, 0) is 30.7 Å². The first-order valence-electron chi connectivity index (χ1n) is 8.87. The number of rotatable bonds is 3. The van der Waals surface area contributed by atoms with E-state index in [9.17, 15) is 22.8 Å². The molecular weight excluding hydrogens is 383 g/mol. The fraction of sp³-hybridized carbons (Fsp3) is 0.556. The summed E-state index contributed by atoms with van der Waals surface area (Å²) in [7, 11) is 0. The highest BCUT2D eigenvalue weighted by Gasteiger charge is 2.38. The Morgan fingerprint density at radius 3 is 2.48 bits per heavy atom. The first-order valence-corrected chi connectivity index (χ1v) is 9.24. The SMILES string of the molecule is O=C(C1CC(=O)N(c2ccc(Cl)cc2)C1)N1CCCN(CC(F)(F)F)CC1. The lowest BCUT2D eigenvalue weighted by Gasteiger charge is -2.25. The molecule has 2 aliphatic rings. The van der Waals surface area contributed by atoms with Gasteiger partial charge in [0.15, 0.2) is 0 Å². The van der Waals surface area contributed by atoms with Crippen LogP contribution >= 0.6 is 11.6 Å². The predicted octanol–water partition coefficient (Wildman–Crippen LogP) is 2.79. The fourth-order valence-electron chi connectivity index (χ4n) is 3.60. The van der Waals surface area contributed by atoms with Gasteiger partial charge in [-0.3, -0.25) is 14.5 Å². The van der Waals surface area contributed by atoms with E-state index in [1.165, 1.54) is 4.90 Å². The van der Waals surface area contributed by atoms with E-state index in [2.05, 4.69) is 0 Å². The summed E-state index contributed by atoms with van der Waals surface area (Å²) in [6.45, 7) is 0.485. The molecule has 0 bridgehead atoms. The van der Waals surface area contributed by atoms with Crippen molar-refractivity contribution in [1.29, 1.82) is 0 Å². The van der Waals surface area contributed by atoms with Crippen LogP contribution in [0.5, 0.6) is 0 Å². The first kappa shape index (κ1) is 19.9. The number of carbonyl (C=O) groups excluding carboxylic acids is 2. The normalized spacial score (nSPS) is 22.2. The number of benzene rings is 1. The van der Waals surface area contributed by atoms with Crippen molar-refractivity contribution >= 4 is 29.1 Å². The summed E-state index contributed by atoms with van der Waals surface area (Å²) >= 11 is 5.86. The van der Waals surface area contributed by atoms with Gasteiger partial charge in [-0.25, -0.2) is 0 Å². The van der Waals surface area contributed by atoms with Crippen molar-refractivity contribution in [1.82, 2.24) is 9.80 Å². The van der Waals surface area contributed by atoms with Crippen LogP contribution < -0.4 is 4.90 Å². The molecule has 1 atom stereocenters. The molecule has 2 fully saturated rings. The molecule has 0 saturated carbocycles. The van der Waals surface area contributed by atoms with Crippen LogP contribution in [0.25, 0.3) is 0 Å². The van der Waals surface area contributed by atoms with Crippen molar-refractivity contribution < 1.29 is 22.8 Å². The third-order valence-corrected chi connectivity index (χ3v) is 5.17. The maximum atomic E-state index is 12.8. The van der Waals surface area contributed by atoms with Crippen molar-refractivity contribution in [2.24, 2.45) is 5.92 Å². The van der Waals surface area contributed by atoms with Gasteiger partial charge in [0.05, 0.1) is 12.5 Å². The van der Waals surface area contributed by atoms with Crippen LogP contribution in [0.2, 0.25) is 5.02 Å². The van der Waals surface area contributed by atoms with Crippen LogP contribution in [0.15, 0.2) is 24.3 Å². The number of nitrogens with zero attached hydrogens (tertiary/aromatic N) is 3. The Kier molecular flexibility index (Phi) is 5.95. The highest BCUT2D eigenvalue weighted by Crippen LogP contribution is 2.28. The molecule has 148 valence electrons. The summed E-state index contributed by atoms with van der Waals surface area (Å²) < 4.78 is 37.7. The van der Waals surface area contributed by atoms with Gasteiger partial charge < -0.3 is 9.80 Å². The minimum Gasteiger partial charge on any atom is -0.341 e. The lowest BCUT2D eigenvalue weighted by Crippen LogP contribution is -2.41. The van der Waals surface area contributed by atoms with Crippen molar-refractivity contribution in [2.45, 2.75) is 19.0 Å². The van der Waals surface area contributed by atoms with E-state index in [1.807, 2.05) is 0 Å². The molecular formula is C18H21ClF3N3O2. The summed E-state index contributed by atoms with van der Waals surface area (Å²) in [5, 5.41) is 0.561. The second-order valence-electron chi connectivity index (χ2n) is 6.95. The lowest BCUT2D eigenvalue weighted by atomic mass is 10.1. The summed E-state index contributed by atoms with van der Waals surface area (Å²) in [6, 6.07) is 6.83. The maximum absolute atomic E-state index is 12.8. The number of hydrogen-bond acceptors (Lipinski definition) is 3. The van der Waals surface area contributed by atoms with Crippen molar-refractivity contribution in [3.05, 3.63) is 29.3 Å². The summed E-state index contributed by atoms with van der Waals surface area (Å²) in [5.41, 5.74) is 0.687. The van der Waals surface area contributed by atoms with Crippen LogP contribution in [-0.4, -0.2) is 67.1 Å². The van der Waals surface area contributed by atoms with Crippen LogP contribution in [0.1, 0.15) is 12.8 Å². The van der Waals surface area contributed by atoms with E-state index >= 15 is 0 Å². The standard InChI is InChI=1S/C18H21ClF3N3O2/c19-14-2-4-15(5-3-14)25-11-13(10-16(25)26)17(27)24-7-1-6-23(8-9-24)12-18(20,21)22/h2-5,13H,1,6-12H2. The van der Waals surface area contributed by atoms with Crippen LogP contribution in [0.3, 0.4) is 0 Å². The van der Waals surface area contributed by atoms with E-state index in [0.29, 0.717) is 30.2 Å². The average Bonchev–Trinajstić information content (AvgIpc) is 2.83. The van der Waals surface area contributed by atoms with Gasteiger partial charge >= 0.3 is 6.18 Å². The van der Waals surface area contributed by atoms with Crippen LogP contribution in [-0.2, 0) is 9.59 Å². The molecule has 1 aromatic rings. The molecule has 2 heterocycles. The molecule has 1 unspecified atom stereocenters. The molecule has 0 aromatic heterocycles. The summed E-state index contributed by atoms with van der Waals surface area (Å²) in [6.07, 6.45) is -3.64. The number of anilines is 1. The Labute approximate surface area is 160 Å². The van der Waals surface area contributed by atoms with Gasteiger partial charge in [0.1, 0.15) is 0 Å². The Bertz CT molecular complexity index is 696. The zero-order valence-electron chi connectivity index (χ0n) is 14.7. The second-order valence-corrected chi connectivity index (χ2v) is 7.39. The molecule has 2 amide bonds. The minimum atomic E-state index is -4.24.